The number of nitrogens with one attached hydrogen (secondary N) is 2. The lowest BCUT2D eigenvalue weighted by atomic mass is 10.2. The molecule has 3 heteroatoms. The topological polar surface area (TPSA) is 37.0 Å². The van der Waals surface area contributed by atoms with E-state index in [1.807, 2.05) is 24.3 Å². The zero-order valence-electron chi connectivity index (χ0n) is 9.82. The summed E-state index contributed by atoms with van der Waals surface area (Å²) in [4.78, 5) is 4.57. The summed E-state index contributed by atoms with van der Waals surface area (Å²) in [5.74, 6) is 0.960. The molecule has 0 saturated heterocycles. The molecule has 2 N–H and O–H groups in total. The third kappa shape index (κ3) is 2.74. The van der Waals surface area contributed by atoms with E-state index in [-0.39, 0.29) is 0 Å². The fourth-order valence-electron chi connectivity index (χ4n) is 1.92. The van der Waals surface area contributed by atoms with Gasteiger partial charge in [-0.15, -0.1) is 0 Å². The lowest BCUT2D eigenvalue weighted by molar-refractivity contribution is 0.701. The van der Waals surface area contributed by atoms with Gasteiger partial charge in [-0.2, -0.15) is 0 Å². The van der Waals surface area contributed by atoms with Crippen LogP contribution in [-0.4, -0.2) is 24.1 Å². The molecule has 0 atom stereocenters. The highest BCUT2D eigenvalue weighted by atomic mass is 15.0. The summed E-state index contributed by atoms with van der Waals surface area (Å²) in [7, 11) is 0. The van der Waals surface area contributed by atoms with Crippen molar-refractivity contribution in [3.8, 4) is 0 Å². The van der Waals surface area contributed by atoms with Gasteiger partial charge in [0.05, 0.1) is 5.52 Å². The number of hydrogen-bond donors (Lipinski definition) is 2. The summed E-state index contributed by atoms with van der Waals surface area (Å²) in [6, 6.07) is 13.1. The number of anilines is 1. The molecule has 1 heterocycles. The van der Waals surface area contributed by atoms with E-state index in [0.717, 1.165) is 30.5 Å². The SMILES string of the molecule is c1ccc2nc(NCCNC3CC3)ccc2c1. The van der Waals surface area contributed by atoms with Gasteiger partial charge in [-0.1, -0.05) is 18.2 Å². The van der Waals surface area contributed by atoms with E-state index in [4.69, 9.17) is 0 Å². The monoisotopic (exact) mass is 227 g/mol. The zero-order chi connectivity index (χ0) is 11.5. The highest BCUT2D eigenvalue weighted by Gasteiger charge is 2.19. The Kier molecular flexibility index (Phi) is 2.92. The maximum atomic E-state index is 4.57. The molecule has 1 fully saturated rings. The summed E-state index contributed by atoms with van der Waals surface area (Å²) < 4.78 is 0. The molecule has 1 aliphatic rings. The number of pyridine rings is 1. The van der Waals surface area contributed by atoms with Gasteiger partial charge < -0.3 is 10.6 Å². The van der Waals surface area contributed by atoms with Gasteiger partial charge in [-0.25, -0.2) is 4.98 Å². The van der Waals surface area contributed by atoms with Crippen molar-refractivity contribution in [1.29, 1.82) is 0 Å². The molecule has 0 unspecified atom stereocenters. The van der Waals surface area contributed by atoms with Crippen LogP contribution in [0, 0.1) is 0 Å². The van der Waals surface area contributed by atoms with Crippen LogP contribution in [0.4, 0.5) is 5.82 Å². The van der Waals surface area contributed by atoms with E-state index >= 15 is 0 Å². The van der Waals surface area contributed by atoms with Crippen LogP contribution >= 0.6 is 0 Å². The van der Waals surface area contributed by atoms with Crippen LogP contribution in [0.15, 0.2) is 36.4 Å². The molecule has 1 saturated carbocycles. The van der Waals surface area contributed by atoms with Gasteiger partial charge in [-0.05, 0) is 31.0 Å². The van der Waals surface area contributed by atoms with Crippen LogP contribution in [0.5, 0.6) is 0 Å². The van der Waals surface area contributed by atoms with Crippen molar-refractivity contribution < 1.29 is 0 Å². The van der Waals surface area contributed by atoms with Crippen molar-refractivity contribution in [2.24, 2.45) is 0 Å². The van der Waals surface area contributed by atoms with Crippen LogP contribution in [0.3, 0.4) is 0 Å². The zero-order valence-corrected chi connectivity index (χ0v) is 9.82. The minimum absolute atomic E-state index is 0.779. The first-order valence-electron chi connectivity index (χ1n) is 6.25. The molecule has 0 spiro atoms. The minimum atomic E-state index is 0.779. The van der Waals surface area contributed by atoms with Crippen LogP contribution in [0.1, 0.15) is 12.8 Å². The fraction of sp³-hybridized carbons (Fsp3) is 0.357. The summed E-state index contributed by atoms with van der Waals surface area (Å²) in [5.41, 5.74) is 1.05. The second-order valence-electron chi connectivity index (χ2n) is 4.54. The normalized spacial score (nSPS) is 15.1. The van der Waals surface area contributed by atoms with Gasteiger partial charge in [0.25, 0.3) is 0 Å². The second-order valence-corrected chi connectivity index (χ2v) is 4.54. The van der Waals surface area contributed by atoms with Crippen molar-refractivity contribution in [1.82, 2.24) is 10.3 Å². The molecule has 1 aromatic carbocycles. The number of benzene rings is 1. The average Bonchev–Trinajstić information content (AvgIpc) is 3.18. The Morgan fingerprint density at radius 2 is 1.94 bits per heavy atom. The van der Waals surface area contributed by atoms with Gasteiger partial charge in [-0.3, -0.25) is 0 Å². The van der Waals surface area contributed by atoms with Gasteiger partial charge in [0.1, 0.15) is 5.82 Å². The summed E-state index contributed by atoms with van der Waals surface area (Å²) in [6.07, 6.45) is 2.68. The molecule has 1 aromatic heterocycles. The third-order valence-electron chi connectivity index (χ3n) is 3.04. The first-order valence-corrected chi connectivity index (χ1v) is 6.25. The van der Waals surface area contributed by atoms with Crippen molar-refractivity contribution in [2.75, 3.05) is 18.4 Å². The number of fused-ring (bicyclic) bond motifs is 1. The Bertz CT molecular complexity index is 506. The van der Waals surface area contributed by atoms with E-state index in [2.05, 4.69) is 27.8 Å². The molecular formula is C14H17N3. The predicted molar refractivity (Wildman–Crippen MR) is 71.3 cm³/mol. The number of rotatable bonds is 5. The standard InChI is InChI=1S/C14H17N3/c1-2-4-13-11(3-1)5-8-14(17-13)16-10-9-15-12-6-7-12/h1-5,8,12,15H,6-7,9-10H2,(H,16,17). The first kappa shape index (κ1) is 10.5. The Balaban J connectivity index is 1.59. The quantitative estimate of drug-likeness (QED) is 0.770. The van der Waals surface area contributed by atoms with Crippen molar-refractivity contribution in [2.45, 2.75) is 18.9 Å². The van der Waals surface area contributed by atoms with Gasteiger partial charge in [0.15, 0.2) is 0 Å². The van der Waals surface area contributed by atoms with Crippen molar-refractivity contribution in [3.63, 3.8) is 0 Å². The van der Waals surface area contributed by atoms with E-state index in [1.165, 1.54) is 18.2 Å². The summed E-state index contributed by atoms with van der Waals surface area (Å²) in [5, 5.41) is 8.01. The molecule has 0 aliphatic heterocycles. The van der Waals surface area contributed by atoms with Crippen LogP contribution in [0.25, 0.3) is 10.9 Å². The average molecular weight is 227 g/mol. The maximum absolute atomic E-state index is 4.57. The molecule has 3 nitrogen and oxygen atoms in total. The lowest BCUT2D eigenvalue weighted by Gasteiger charge is -2.07. The Morgan fingerprint density at radius 3 is 2.82 bits per heavy atom. The third-order valence-corrected chi connectivity index (χ3v) is 3.04. The maximum Gasteiger partial charge on any atom is 0.126 e. The van der Waals surface area contributed by atoms with Crippen LogP contribution < -0.4 is 10.6 Å². The van der Waals surface area contributed by atoms with E-state index in [1.54, 1.807) is 0 Å². The molecule has 1 aliphatic carbocycles. The van der Waals surface area contributed by atoms with Crippen LogP contribution in [0.2, 0.25) is 0 Å². The molecule has 2 aromatic rings. The van der Waals surface area contributed by atoms with E-state index in [9.17, 15) is 0 Å². The lowest BCUT2D eigenvalue weighted by Crippen LogP contribution is -2.24. The summed E-state index contributed by atoms with van der Waals surface area (Å²) in [6.45, 7) is 1.95. The number of aromatic nitrogens is 1. The molecule has 3 rings (SSSR count). The first-order chi connectivity index (χ1) is 8.42. The minimum Gasteiger partial charge on any atom is -0.369 e. The smallest absolute Gasteiger partial charge is 0.126 e. The number of para-hydroxylation sites is 1. The van der Waals surface area contributed by atoms with Gasteiger partial charge in [0, 0.05) is 24.5 Å². The number of nitrogens with zero attached hydrogens (tertiary/aromatic N) is 1. The summed E-state index contributed by atoms with van der Waals surface area (Å²) >= 11 is 0. The van der Waals surface area contributed by atoms with Crippen LogP contribution in [-0.2, 0) is 0 Å². The van der Waals surface area contributed by atoms with E-state index in [0.29, 0.717) is 0 Å². The molecule has 0 bridgehead atoms. The Labute approximate surface area is 101 Å². The fourth-order valence-corrected chi connectivity index (χ4v) is 1.92. The van der Waals surface area contributed by atoms with E-state index < -0.39 is 0 Å². The van der Waals surface area contributed by atoms with Gasteiger partial charge >= 0.3 is 0 Å². The predicted octanol–water partition coefficient (Wildman–Crippen LogP) is 2.40. The second kappa shape index (κ2) is 4.72. The number of hydrogen-bond acceptors (Lipinski definition) is 3. The largest absolute Gasteiger partial charge is 0.369 e. The highest BCUT2D eigenvalue weighted by molar-refractivity contribution is 5.79. The molecule has 0 radical (unpaired) electrons. The molecule has 17 heavy (non-hydrogen) atoms. The highest BCUT2D eigenvalue weighted by Crippen LogP contribution is 2.18. The molecular weight excluding hydrogens is 210 g/mol. The van der Waals surface area contributed by atoms with Gasteiger partial charge in [0.2, 0.25) is 0 Å². The molecule has 88 valence electrons. The molecule has 0 amide bonds. The Morgan fingerprint density at radius 1 is 1.06 bits per heavy atom. The Hall–Kier alpha value is -1.61. The van der Waals surface area contributed by atoms with Crippen molar-refractivity contribution >= 4 is 16.7 Å². The van der Waals surface area contributed by atoms with Crippen molar-refractivity contribution in [3.05, 3.63) is 36.4 Å².